The molecule has 0 aromatic heterocycles. The number of carboxylic acid groups (broad SMARTS) is 1. The summed E-state index contributed by atoms with van der Waals surface area (Å²) < 4.78 is 5.45. The van der Waals surface area contributed by atoms with E-state index in [2.05, 4.69) is 24.4 Å². The van der Waals surface area contributed by atoms with Crippen molar-refractivity contribution in [1.82, 2.24) is 5.32 Å². The number of likely N-dealkylation sites (N-methyl/N-ethyl adjacent to an activating group) is 1. The summed E-state index contributed by atoms with van der Waals surface area (Å²) in [5, 5.41) is 10.3. The van der Waals surface area contributed by atoms with Gasteiger partial charge in [0, 0.05) is 6.42 Å². The SMILES string of the molecule is CC.CCc1ccc(OCCCC=O)cc1.CNCC(=O)O. The fourth-order valence-corrected chi connectivity index (χ4v) is 1.33. The van der Waals surface area contributed by atoms with E-state index in [1.807, 2.05) is 26.0 Å². The Balaban J connectivity index is 0. The number of aldehydes is 1. The van der Waals surface area contributed by atoms with Crippen molar-refractivity contribution in [3.8, 4) is 5.75 Å². The summed E-state index contributed by atoms with van der Waals surface area (Å²) in [5.74, 6) is 0.0607. The Morgan fingerprint density at radius 2 is 1.86 bits per heavy atom. The zero-order valence-electron chi connectivity index (χ0n) is 14.1. The Bertz CT molecular complexity index is 377. The predicted octanol–water partition coefficient (Wildman–Crippen LogP) is 2.92. The highest BCUT2D eigenvalue weighted by Gasteiger charge is 1.93. The van der Waals surface area contributed by atoms with Crippen LogP contribution in [0.3, 0.4) is 0 Å². The van der Waals surface area contributed by atoms with Crippen LogP contribution < -0.4 is 10.1 Å². The minimum Gasteiger partial charge on any atom is -0.494 e. The van der Waals surface area contributed by atoms with Gasteiger partial charge in [-0.25, -0.2) is 0 Å². The lowest BCUT2D eigenvalue weighted by Crippen LogP contribution is -2.16. The van der Waals surface area contributed by atoms with E-state index in [-0.39, 0.29) is 6.54 Å². The molecule has 0 aliphatic heterocycles. The van der Waals surface area contributed by atoms with Gasteiger partial charge in [0.1, 0.15) is 12.0 Å². The van der Waals surface area contributed by atoms with E-state index in [1.165, 1.54) is 5.56 Å². The van der Waals surface area contributed by atoms with Gasteiger partial charge < -0.3 is 20.0 Å². The van der Waals surface area contributed by atoms with Gasteiger partial charge in [-0.2, -0.15) is 0 Å². The number of hydrogen-bond acceptors (Lipinski definition) is 4. The molecule has 2 N–H and O–H groups in total. The third kappa shape index (κ3) is 14.5. The molecule has 0 radical (unpaired) electrons. The average molecular weight is 311 g/mol. The maximum absolute atomic E-state index is 10.0. The van der Waals surface area contributed by atoms with Crippen LogP contribution in [0.25, 0.3) is 0 Å². The predicted molar refractivity (Wildman–Crippen MR) is 89.5 cm³/mol. The summed E-state index contributed by atoms with van der Waals surface area (Å²) in [6.45, 7) is 6.78. The van der Waals surface area contributed by atoms with Gasteiger partial charge >= 0.3 is 5.97 Å². The van der Waals surface area contributed by atoms with Gasteiger partial charge in [-0.15, -0.1) is 0 Å². The highest BCUT2D eigenvalue weighted by molar-refractivity contribution is 5.68. The Labute approximate surface area is 133 Å². The number of carbonyl (C=O) groups is 2. The van der Waals surface area contributed by atoms with Crippen LogP contribution in [0, 0.1) is 0 Å². The lowest BCUT2D eigenvalue weighted by Gasteiger charge is -2.05. The van der Waals surface area contributed by atoms with E-state index in [4.69, 9.17) is 9.84 Å². The fourth-order valence-electron chi connectivity index (χ4n) is 1.33. The number of hydrogen-bond donors (Lipinski definition) is 2. The third-order valence-corrected chi connectivity index (χ3v) is 2.39. The fraction of sp³-hybridized carbons (Fsp3) is 0.529. The van der Waals surface area contributed by atoms with E-state index < -0.39 is 5.97 Å². The molecule has 1 rings (SSSR count). The zero-order chi connectivity index (χ0) is 17.2. The maximum atomic E-state index is 10.0. The Kier molecular flexibility index (Phi) is 17.5. The molecular formula is C17H29NO4. The van der Waals surface area contributed by atoms with Crippen LogP contribution >= 0.6 is 0 Å². The molecule has 126 valence electrons. The maximum Gasteiger partial charge on any atom is 0.317 e. The van der Waals surface area contributed by atoms with Crippen LogP contribution in [0.2, 0.25) is 0 Å². The number of ether oxygens (including phenoxy) is 1. The second-order valence-electron chi connectivity index (χ2n) is 4.08. The van der Waals surface area contributed by atoms with E-state index in [9.17, 15) is 9.59 Å². The van der Waals surface area contributed by atoms with Crippen molar-refractivity contribution in [2.75, 3.05) is 20.2 Å². The summed E-state index contributed by atoms with van der Waals surface area (Å²) >= 11 is 0. The third-order valence-electron chi connectivity index (χ3n) is 2.39. The molecule has 1 aromatic carbocycles. The molecule has 0 atom stereocenters. The Morgan fingerprint density at radius 1 is 1.27 bits per heavy atom. The van der Waals surface area contributed by atoms with E-state index in [0.717, 1.165) is 24.9 Å². The van der Waals surface area contributed by atoms with Crippen LogP contribution in [-0.4, -0.2) is 37.6 Å². The number of unbranched alkanes of at least 4 members (excludes halogenated alkanes) is 1. The first kappa shape index (κ1) is 22.4. The first-order chi connectivity index (χ1) is 10.6. The molecule has 0 saturated heterocycles. The van der Waals surface area contributed by atoms with Crippen LogP contribution in [0.5, 0.6) is 5.75 Å². The molecule has 22 heavy (non-hydrogen) atoms. The van der Waals surface area contributed by atoms with Crippen molar-refractivity contribution in [2.24, 2.45) is 0 Å². The average Bonchev–Trinajstić information content (AvgIpc) is 2.54. The second-order valence-corrected chi connectivity index (χ2v) is 4.08. The number of benzene rings is 1. The number of nitrogens with one attached hydrogen (secondary N) is 1. The van der Waals surface area contributed by atoms with Crippen LogP contribution in [0.4, 0.5) is 0 Å². The van der Waals surface area contributed by atoms with E-state index >= 15 is 0 Å². The van der Waals surface area contributed by atoms with Crippen LogP contribution in [0.1, 0.15) is 39.2 Å². The summed E-state index contributed by atoms with van der Waals surface area (Å²) in [5.41, 5.74) is 1.31. The van der Waals surface area contributed by atoms with Gasteiger partial charge in [-0.05, 0) is 37.6 Å². The smallest absolute Gasteiger partial charge is 0.317 e. The Hall–Kier alpha value is -1.88. The van der Waals surface area contributed by atoms with Gasteiger partial charge in [-0.3, -0.25) is 4.79 Å². The second kappa shape index (κ2) is 17.2. The Morgan fingerprint density at radius 3 is 2.23 bits per heavy atom. The highest BCUT2D eigenvalue weighted by Crippen LogP contribution is 2.12. The molecule has 5 heteroatoms. The molecule has 0 aliphatic carbocycles. The van der Waals surface area contributed by atoms with Crippen molar-refractivity contribution in [3.63, 3.8) is 0 Å². The molecule has 0 amide bonds. The zero-order valence-corrected chi connectivity index (χ0v) is 14.1. The lowest BCUT2D eigenvalue weighted by atomic mass is 10.2. The standard InChI is InChI=1S/C12H16O2.C3H7NO2.C2H6/c1-2-11-5-7-12(8-6-11)14-10-4-3-9-13;1-4-2-3(5)6;1-2/h5-9H,2-4,10H2,1H3;4H,2H2,1H3,(H,5,6);1-2H3. The number of rotatable bonds is 8. The van der Waals surface area contributed by atoms with Gasteiger partial charge in [-0.1, -0.05) is 32.9 Å². The molecule has 0 heterocycles. The molecule has 0 fully saturated rings. The minimum absolute atomic E-state index is 0.0417. The molecule has 1 aromatic rings. The molecule has 0 spiro atoms. The normalized spacial score (nSPS) is 8.73. The van der Waals surface area contributed by atoms with Crippen molar-refractivity contribution < 1.29 is 19.4 Å². The highest BCUT2D eigenvalue weighted by atomic mass is 16.5. The van der Waals surface area contributed by atoms with E-state index in [1.54, 1.807) is 7.05 Å². The minimum atomic E-state index is -0.822. The summed E-state index contributed by atoms with van der Waals surface area (Å²) in [6, 6.07) is 8.07. The summed E-state index contributed by atoms with van der Waals surface area (Å²) in [7, 11) is 1.59. The number of carboxylic acids is 1. The molecule has 0 saturated carbocycles. The summed E-state index contributed by atoms with van der Waals surface area (Å²) in [6.07, 6.45) is 3.33. The van der Waals surface area contributed by atoms with Crippen LogP contribution in [-0.2, 0) is 16.0 Å². The topological polar surface area (TPSA) is 75.6 Å². The van der Waals surface area contributed by atoms with Crippen molar-refractivity contribution in [2.45, 2.75) is 40.0 Å². The summed E-state index contributed by atoms with van der Waals surface area (Å²) in [4.78, 5) is 19.6. The van der Waals surface area contributed by atoms with Crippen molar-refractivity contribution >= 4 is 12.3 Å². The quantitative estimate of drug-likeness (QED) is 0.570. The molecule has 0 bridgehead atoms. The molecule has 5 nitrogen and oxygen atoms in total. The van der Waals surface area contributed by atoms with Gasteiger partial charge in [0.15, 0.2) is 0 Å². The molecular weight excluding hydrogens is 282 g/mol. The van der Waals surface area contributed by atoms with Crippen molar-refractivity contribution in [1.29, 1.82) is 0 Å². The van der Waals surface area contributed by atoms with E-state index in [0.29, 0.717) is 13.0 Å². The van der Waals surface area contributed by atoms with Gasteiger partial charge in [0.2, 0.25) is 0 Å². The molecule has 0 unspecified atom stereocenters. The lowest BCUT2D eigenvalue weighted by molar-refractivity contribution is -0.135. The monoisotopic (exact) mass is 311 g/mol. The number of aliphatic carboxylic acids is 1. The van der Waals surface area contributed by atoms with Crippen LogP contribution in [0.15, 0.2) is 24.3 Å². The van der Waals surface area contributed by atoms with Gasteiger partial charge in [0.25, 0.3) is 0 Å². The first-order valence-corrected chi connectivity index (χ1v) is 7.65. The van der Waals surface area contributed by atoms with Crippen molar-refractivity contribution in [3.05, 3.63) is 29.8 Å². The molecule has 0 aliphatic rings. The number of aryl methyl sites for hydroxylation is 1. The number of carbonyl (C=O) groups excluding carboxylic acids is 1. The first-order valence-electron chi connectivity index (χ1n) is 7.65. The van der Waals surface area contributed by atoms with Gasteiger partial charge in [0.05, 0.1) is 13.2 Å². The largest absolute Gasteiger partial charge is 0.494 e.